The minimum Gasteiger partial charge on any atom is -0.462 e. The van der Waals surface area contributed by atoms with Crippen molar-refractivity contribution in [2.75, 3.05) is 13.2 Å². The van der Waals surface area contributed by atoms with E-state index in [-0.39, 0.29) is 31.1 Å². The van der Waals surface area contributed by atoms with Crippen LogP contribution in [0.5, 0.6) is 0 Å². The molecular weight excluding hydrogens is 865 g/mol. The summed E-state index contributed by atoms with van der Waals surface area (Å²) < 4.78 is 16.9. The van der Waals surface area contributed by atoms with E-state index in [1.54, 1.807) is 0 Å². The third kappa shape index (κ3) is 56.3. The van der Waals surface area contributed by atoms with Crippen LogP contribution in [-0.4, -0.2) is 37.2 Å². The molecule has 0 radical (unpaired) electrons. The summed E-state index contributed by atoms with van der Waals surface area (Å²) in [5.74, 6) is -0.879. The molecule has 0 heterocycles. The standard InChI is InChI=1S/C64H116O6/c1-4-7-10-13-16-19-22-25-28-30-32-34-36-39-42-45-48-51-54-57-63(66)69-60-61(59-68-62(65)56-53-50-47-44-41-38-35-27-24-21-18-15-12-9-6-3)70-64(67)58-55-52-49-46-43-40-37-33-31-29-26-23-20-17-14-11-8-5-2/h9,12,15,18,21,24,33,37,61H,4-8,10-11,13-14,16-17,19-20,22-23,25-32,34-36,38-60H2,1-3H3/b12-9-,18-15-,24-21-,37-33-. The molecule has 0 saturated carbocycles. The summed E-state index contributed by atoms with van der Waals surface area (Å²) in [4.78, 5) is 38.2. The van der Waals surface area contributed by atoms with Crippen LogP contribution in [0.2, 0.25) is 0 Å². The van der Waals surface area contributed by atoms with Gasteiger partial charge in [-0.2, -0.15) is 0 Å². The molecule has 0 N–H and O–H groups in total. The van der Waals surface area contributed by atoms with Crippen LogP contribution in [0, 0.1) is 0 Å². The molecule has 0 aromatic heterocycles. The molecule has 0 aromatic rings. The molecule has 0 amide bonds. The fourth-order valence-electron chi connectivity index (χ4n) is 9.03. The van der Waals surface area contributed by atoms with Gasteiger partial charge in [-0.1, -0.05) is 288 Å². The Hall–Kier alpha value is -2.63. The first-order valence-electron chi connectivity index (χ1n) is 30.7. The van der Waals surface area contributed by atoms with Crippen molar-refractivity contribution in [3.63, 3.8) is 0 Å². The highest BCUT2D eigenvalue weighted by Gasteiger charge is 2.19. The summed E-state index contributed by atoms with van der Waals surface area (Å²) in [6, 6.07) is 0. The average Bonchev–Trinajstić information content (AvgIpc) is 3.36. The quantitative estimate of drug-likeness (QED) is 0.0199. The Morgan fingerprint density at radius 3 is 0.900 bits per heavy atom. The molecule has 0 fully saturated rings. The maximum absolute atomic E-state index is 12.9. The van der Waals surface area contributed by atoms with Crippen molar-refractivity contribution < 1.29 is 28.6 Å². The van der Waals surface area contributed by atoms with Gasteiger partial charge in [-0.3, -0.25) is 14.4 Å². The third-order valence-electron chi connectivity index (χ3n) is 13.6. The minimum atomic E-state index is -0.781. The molecule has 70 heavy (non-hydrogen) atoms. The predicted molar refractivity (Wildman–Crippen MR) is 302 cm³/mol. The monoisotopic (exact) mass is 981 g/mol. The van der Waals surface area contributed by atoms with Crippen molar-refractivity contribution >= 4 is 17.9 Å². The van der Waals surface area contributed by atoms with Gasteiger partial charge in [0.15, 0.2) is 6.10 Å². The zero-order chi connectivity index (χ0) is 50.7. The maximum Gasteiger partial charge on any atom is 0.306 e. The first-order chi connectivity index (χ1) is 34.5. The minimum absolute atomic E-state index is 0.0770. The van der Waals surface area contributed by atoms with E-state index in [0.29, 0.717) is 19.3 Å². The Morgan fingerprint density at radius 1 is 0.300 bits per heavy atom. The molecule has 6 nitrogen and oxygen atoms in total. The number of rotatable bonds is 56. The van der Waals surface area contributed by atoms with Crippen LogP contribution in [0.4, 0.5) is 0 Å². The summed E-state index contributed by atoms with van der Waals surface area (Å²) in [5.41, 5.74) is 0. The van der Waals surface area contributed by atoms with Crippen molar-refractivity contribution in [3.05, 3.63) is 48.6 Å². The molecule has 0 spiro atoms. The van der Waals surface area contributed by atoms with Gasteiger partial charge in [-0.15, -0.1) is 0 Å². The lowest BCUT2D eigenvalue weighted by Crippen LogP contribution is -2.30. The Bertz CT molecular complexity index is 1220. The van der Waals surface area contributed by atoms with Gasteiger partial charge in [0, 0.05) is 19.3 Å². The van der Waals surface area contributed by atoms with Gasteiger partial charge >= 0.3 is 17.9 Å². The van der Waals surface area contributed by atoms with Crippen LogP contribution in [0.15, 0.2) is 48.6 Å². The summed E-state index contributed by atoms with van der Waals surface area (Å²) in [6.45, 7) is 6.54. The second kappa shape index (κ2) is 58.9. The summed E-state index contributed by atoms with van der Waals surface area (Å²) in [5, 5.41) is 0. The van der Waals surface area contributed by atoms with Crippen molar-refractivity contribution in [2.45, 2.75) is 329 Å². The van der Waals surface area contributed by atoms with Gasteiger partial charge in [-0.25, -0.2) is 0 Å². The third-order valence-corrected chi connectivity index (χ3v) is 13.6. The van der Waals surface area contributed by atoms with E-state index >= 15 is 0 Å². The Labute approximate surface area is 435 Å². The van der Waals surface area contributed by atoms with Gasteiger partial charge in [0.05, 0.1) is 0 Å². The van der Waals surface area contributed by atoms with Crippen LogP contribution in [0.1, 0.15) is 323 Å². The normalized spacial score (nSPS) is 12.3. The van der Waals surface area contributed by atoms with Crippen molar-refractivity contribution in [1.82, 2.24) is 0 Å². The summed E-state index contributed by atoms with van der Waals surface area (Å²) in [6.07, 6.45) is 72.5. The van der Waals surface area contributed by atoms with E-state index < -0.39 is 6.10 Å². The van der Waals surface area contributed by atoms with Crippen LogP contribution in [0.25, 0.3) is 0 Å². The van der Waals surface area contributed by atoms with Gasteiger partial charge in [0.25, 0.3) is 0 Å². The van der Waals surface area contributed by atoms with Crippen LogP contribution in [0.3, 0.4) is 0 Å². The number of esters is 3. The topological polar surface area (TPSA) is 78.9 Å². The molecule has 0 saturated heterocycles. The number of ether oxygens (including phenoxy) is 3. The molecule has 0 rings (SSSR count). The number of carbonyl (C=O) groups is 3. The van der Waals surface area contributed by atoms with E-state index in [0.717, 1.165) is 77.0 Å². The van der Waals surface area contributed by atoms with Crippen LogP contribution >= 0.6 is 0 Å². The predicted octanol–water partition coefficient (Wildman–Crippen LogP) is 20.6. The number of unbranched alkanes of at least 4 members (excludes halogenated alkanes) is 39. The molecule has 1 unspecified atom stereocenters. The molecule has 1 atom stereocenters. The molecule has 408 valence electrons. The molecule has 0 aliphatic rings. The maximum atomic E-state index is 12.9. The van der Waals surface area contributed by atoms with Crippen LogP contribution in [-0.2, 0) is 28.6 Å². The van der Waals surface area contributed by atoms with Gasteiger partial charge < -0.3 is 14.2 Å². The highest BCUT2D eigenvalue weighted by Crippen LogP contribution is 2.17. The summed E-state index contributed by atoms with van der Waals surface area (Å²) >= 11 is 0. The fourth-order valence-corrected chi connectivity index (χ4v) is 9.03. The molecule has 0 aliphatic heterocycles. The first-order valence-corrected chi connectivity index (χ1v) is 30.7. The number of allylic oxidation sites excluding steroid dienone is 8. The molecule has 0 aromatic carbocycles. The van der Waals surface area contributed by atoms with Crippen molar-refractivity contribution in [3.8, 4) is 0 Å². The highest BCUT2D eigenvalue weighted by atomic mass is 16.6. The zero-order valence-electron chi connectivity index (χ0n) is 46.8. The number of hydrogen-bond donors (Lipinski definition) is 0. The zero-order valence-corrected chi connectivity index (χ0v) is 46.8. The Balaban J connectivity index is 4.35. The van der Waals surface area contributed by atoms with Crippen LogP contribution < -0.4 is 0 Å². The molecule has 0 bridgehead atoms. The Morgan fingerprint density at radius 2 is 0.571 bits per heavy atom. The molecular formula is C64H116O6. The molecule has 0 aliphatic carbocycles. The summed E-state index contributed by atoms with van der Waals surface area (Å²) in [7, 11) is 0. The van der Waals surface area contributed by atoms with E-state index in [1.807, 2.05) is 0 Å². The second-order valence-corrected chi connectivity index (χ2v) is 20.6. The average molecular weight is 982 g/mol. The SMILES string of the molecule is CC\C=C/C=C\C=C/CCCCCCCCCC(=O)OCC(COC(=O)CCCCCCCCCCCCCCCCCCCCC)OC(=O)CCCCCCC/C=C\CCCCCCCCCCC. The van der Waals surface area contributed by atoms with Crippen molar-refractivity contribution in [2.24, 2.45) is 0 Å². The largest absolute Gasteiger partial charge is 0.462 e. The highest BCUT2D eigenvalue weighted by molar-refractivity contribution is 5.71. The second-order valence-electron chi connectivity index (χ2n) is 20.6. The van der Waals surface area contributed by atoms with Crippen molar-refractivity contribution in [1.29, 1.82) is 0 Å². The van der Waals surface area contributed by atoms with Gasteiger partial charge in [0.1, 0.15) is 13.2 Å². The Kier molecular flexibility index (Phi) is 56.7. The lowest BCUT2D eigenvalue weighted by Gasteiger charge is -2.18. The van der Waals surface area contributed by atoms with E-state index in [4.69, 9.17) is 14.2 Å². The lowest BCUT2D eigenvalue weighted by atomic mass is 10.0. The smallest absolute Gasteiger partial charge is 0.306 e. The first kappa shape index (κ1) is 67.4. The van der Waals surface area contributed by atoms with Gasteiger partial charge in [0.2, 0.25) is 0 Å². The number of carbonyl (C=O) groups excluding carboxylic acids is 3. The number of hydrogen-bond acceptors (Lipinski definition) is 6. The lowest BCUT2D eigenvalue weighted by molar-refractivity contribution is -0.167. The van der Waals surface area contributed by atoms with E-state index in [1.165, 1.54) is 205 Å². The van der Waals surface area contributed by atoms with Gasteiger partial charge in [-0.05, 0) is 64.2 Å². The molecule has 6 heteroatoms. The van der Waals surface area contributed by atoms with E-state index in [9.17, 15) is 14.4 Å². The van der Waals surface area contributed by atoms with E-state index in [2.05, 4.69) is 69.4 Å². The fraction of sp³-hybridized carbons (Fsp3) is 0.828.